The molecule has 1 fully saturated rings. The summed E-state index contributed by atoms with van der Waals surface area (Å²) >= 11 is 1.25. The van der Waals surface area contributed by atoms with Crippen LogP contribution in [0.25, 0.3) is 0 Å². The van der Waals surface area contributed by atoms with Gasteiger partial charge < -0.3 is 0 Å². The van der Waals surface area contributed by atoms with E-state index in [0.717, 1.165) is 30.7 Å². The number of H-pyrrole nitrogens is 1. The maximum Gasteiger partial charge on any atom is 0.254 e. The molecule has 0 spiro atoms. The molecular formula is C12H17N5O2S2. The predicted molar refractivity (Wildman–Crippen MR) is 78.4 cm³/mol. The maximum atomic E-state index is 12.9. The summed E-state index contributed by atoms with van der Waals surface area (Å²) in [5.74, 6) is 0.610. The van der Waals surface area contributed by atoms with E-state index in [1.807, 2.05) is 6.92 Å². The van der Waals surface area contributed by atoms with Crippen LogP contribution in [-0.2, 0) is 16.4 Å². The molecule has 9 heteroatoms. The van der Waals surface area contributed by atoms with Crippen molar-refractivity contribution in [2.75, 3.05) is 6.54 Å². The Labute approximate surface area is 127 Å². The smallest absolute Gasteiger partial charge is 0.254 e. The molecule has 0 radical (unpaired) electrons. The summed E-state index contributed by atoms with van der Waals surface area (Å²) in [7, 11) is -3.52. The van der Waals surface area contributed by atoms with E-state index in [0.29, 0.717) is 16.6 Å². The second-order valence-electron chi connectivity index (χ2n) is 4.92. The fourth-order valence-corrected chi connectivity index (χ4v) is 5.44. The van der Waals surface area contributed by atoms with Gasteiger partial charge >= 0.3 is 0 Å². The van der Waals surface area contributed by atoms with Crippen LogP contribution in [0.5, 0.6) is 0 Å². The van der Waals surface area contributed by atoms with Crippen molar-refractivity contribution in [3.63, 3.8) is 0 Å². The zero-order chi connectivity index (χ0) is 14.9. The standard InChI is InChI=1S/C12H17N5O2S2/c1-2-10-13-7-11(20-10)21(18,19)17-6-4-3-5-9(17)12-14-8-15-16-12/h7-9H,2-6H2,1H3,(H,14,15,16). The molecule has 0 aromatic carbocycles. The lowest BCUT2D eigenvalue weighted by Crippen LogP contribution is -2.38. The molecule has 1 aliphatic heterocycles. The van der Waals surface area contributed by atoms with Gasteiger partial charge in [-0.1, -0.05) is 13.3 Å². The molecule has 21 heavy (non-hydrogen) atoms. The van der Waals surface area contributed by atoms with Gasteiger partial charge in [-0.3, -0.25) is 5.10 Å². The predicted octanol–water partition coefficient (Wildman–Crippen LogP) is 1.74. The quantitative estimate of drug-likeness (QED) is 0.923. The third-order valence-corrected chi connectivity index (χ3v) is 7.09. The van der Waals surface area contributed by atoms with Gasteiger partial charge in [0, 0.05) is 6.54 Å². The highest BCUT2D eigenvalue weighted by Crippen LogP contribution is 2.35. The Morgan fingerprint density at radius 1 is 1.43 bits per heavy atom. The lowest BCUT2D eigenvalue weighted by molar-refractivity contribution is 0.247. The molecule has 2 aromatic heterocycles. The van der Waals surface area contributed by atoms with E-state index in [2.05, 4.69) is 20.2 Å². The molecule has 3 heterocycles. The normalized spacial score (nSPS) is 20.7. The molecule has 1 aliphatic rings. The molecule has 1 atom stereocenters. The van der Waals surface area contributed by atoms with Crippen molar-refractivity contribution >= 4 is 21.4 Å². The first kappa shape index (κ1) is 14.6. The van der Waals surface area contributed by atoms with Gasteiger partial charge in [-0.05, 0) is 19.3 Å². The van der Waals surface area contributed by atoms with E-state index in [1.165, 1.54) is 28.2 Å². The average molecular weight is 327 g/mol. The van der Waals surface area contributed by atoms with E-state index in [1.54, 1.807) is 0 Å². The minimum atomic E-state index is -3.52. The first-order valence-electron chi connectivity index (χ1n) is 6.94. The van der Waals surface area contributed by atoms with Crippen LogP contribution in [0.3, 0.4) is 0 Å². The van der Waals surface area contributed by atoms with Crippen LogP contribution in [0, 0.1) is 0 Å². The third kappa shape index (κ3) is 2.72. The lowest BCUT2D eigenvalue weighted by Gasteiger charge is -2.32. The average Bonchev–Trinajstić information content (AvgIpc) is 3.18. The van der Waals surface area contributed by atoms with Gasteiger partial charge in [0.25, 0.3) is 10.0 Å². The molecule has 0 amide bonds. The topological polar surface area (TPSA) is 91.8 Å². The number of rotatable bonds is 4. The van der Waals surface area contributed by atoms with E-state index < -0.39 is 10.0 Å². The van der Waals surface area contributed by atoms with Gasteiger partial charge in [-0.25, -0.2) is 18.4 Å². The number of aromatic amines is 1. The number of nitrogens with zero attached hydrogens (tertiary/aromatic N) is 4. The van der Waals surface area contributed by atoms with Gasteiger partial charge in [0.15, 0.2) is 4.21 Å². The van der Waals surface area contributed by atoms with Crippen LogP contribution >= 0.6 is 11.3 Å². The minimum absolute atomic E-state index is 0.265. The molecule has 0 aliphatic carbocycles. The molecule has 7 nitrogen and oxygen atoms in total. The Morgan fingerprint density at radius 3 is 2.95 bits per heavy atom. The van der Waals surface area contributed by atoms with Crippen molar-refractivity contribution in [3.8, 4) is 0 Å². The van der Waals surface area contributed by atoms with E-state index in [4.69, 9.17) is 0 Å². The number of aryl methyl sites for hydroxylation is 1. The second-order valence-corrected chi connectivity index (χ2v) is 8.16. The number of thiazole rings is 1. The summed E-state index contributed by atoms with van der Waals surface area (Å²) < 4.78 is 27.6. The Bertz CT molecular complexity index is 695. The summed E-state index contributed by atoms with van der Waals surface area (Å²) in [4.78, 5) is 8.29. The number of aromatic nitrogens is 4. The fourth-order valence-electron chi connectivity index (χ4n) is 2.53. The monoisotopic (exact) mass is 327 g/mol. The van der Waals surface area contributed by atoms with Crippen molar-refractivity contribution in [1.29, 1.82) is 0 Å². The maximum absolute atomic E-state index is 12.9. The fraction of sp³-hybridized carbons (Fsp3) is 0.583. The zero-order valence-corrected chi connectivity index (χ0v) is 13.3. The molecule has 1 unspecified atom stereocenters. The molecule has 1 N–H and O–H groups in total. The number of sulfonamides is 1. The highest BCUT2D eigenvalue weighted by atomic mass is 32.2. The first-order valence-corrected chi connectivity index (χ1v) is 9.20. The van der Waals surface area contributed by atoms with Gasteiger partial charge in [0.1, 0.15) is 12.2 Å². The van der Waals surface area contributed by atoms with Gasteiger partial charge in [0.2, 0.25) is 0 Å². The number of hydrogen-bond acceptors (Lipinski definition) is 6. The van der Waals surface area contributed by atoms with Crippen LogP contribution in [0.1, 0.15) is 43.1 Å². The van der Waals surface area contributed by atoms with Gasteiger partial charge in [-0.15, -0.1) is 11.3 Å². The summed E-state index contributed by atoms with van der Waals surface area (Å²) in [6, 6.07) is -0.265. The Kier molecular flexibility index (Phi) is 4.05. The van der Waals surface area contributed by atoms with Crippen molar-refractivity contribution in [3.05, 3.63) is 23.4 Å². The van der Waals surface area contributed by atoms with Crippen molar-refractivity contribution < 1.29 is 8.42 Å². The summed E-state index contributed by atoms with van der Waals surface area (Å²) in [5.41, 5.74) is 0. The highest BCUT2D eigenvalue weighted by Gasteiger charge is 2.36. The molecule has 0 bridgehead atoms. The Morgan fingerprint density at radius 2 is 2.29 bits per heavy atom. The third-order valence-electron chi connectivity index (χ3n) is 3.60. The van der Waals surface area contributed by atoms with Crippen LogP contribution in [0.2, 0.25) is 0 Å². The van der Waals surface area contributed by atoms with Gasteiger partial charge in [-0.2, -0.15) is 9.40 Å². The van der Waals surface area contributed by atoms with Crippen molar-refractivity contribution in [1.82, 2.24) is 24.5 Å². The summed E-state index contributed by atoms with van der Waals surface area (Å²) in [6.07, 6.45) is 6.23. The molecule has 3 rings (SSSR count). The minimum Gasteiger partial charge on any atom is -0.262 e. The van der Waals surface area contributed by atoms with E-state index in [9.17, 15) is 8.42 Å². The first-order chi connectivity index (χ1) is 10.1. The van der Waals surface area contributed by atoms with Crippen LogP contribution in [0.4, 0.5) is 0 Å². The van der Waals surface area contributed by atoms with Crippen LogP contribution < -0.4 is 0 Å². The van der Waals surface area contributed by atoms with Crippen molar-refractivity contribution in [2.24, 2.45) is 0 Å². The number of nitrogens with one attached hydrogen (secondary N) is 1. The highest BCUT2D eigenvalue weighted by molar-refractivity contribution is 7.91. The number of hydrogen-bond donors (Lipinski definition) is 1. The molecule has 0 saturated carbocycles. The molecule has 1 saturated heterocycles. The van der Waals surface area contributed by atoms with Gasteiger partial charge in [0.05, 0.1) is 17.2 Å². The van der Waals surface area contributed by atoms with E-state index in [-0.39, 0.29) is 6.04 Å². The summed E-state index contributed by atoms with van der Waals surface area (Å²) in [6.45, 7) is 2.47. The van der Waals surface area contributed by atoms with E-state index >= 15 is 0 Å². The SMILES string of the molecule is CCc1ncc(S(=O)(=O)N2CCCCC2c2ncn[nH]2)s1. The molecular weight excluding hydrogens is 310 g/mol. The van der Waals surface area contributed by atoms with Crippen LogP contribution in [-0.4, -0.2) is 39.4 Å². The zero-order valence-electron chi connectivity index (χ0n) is 11.7. The molecule has 2 aromatic rings. The second kappa shape index (κ2) is 5.82. The lowest BCUT2D eigenvalue weighted by atomic mass is 10.0. The van der Waals surface area contributed by atoms with Crippen LogP contribution in [0.15, 0.2) is 16.7 Å². The Hall–Kier alpha value is -1.32. The largest absolute Gasteiger partial charge is 0.262 e. The summed E-state index contributed by atoms with van der Waals surface area (Å²) in [5, 5.41) is 7.47. The Balaban J connectivity index is 1.95. The number of piperidine rings is 1. The van der Waals surface area contributed by atoms with Crippen molar-refractivity contribution in [2.45, 2.75) is 42.9 Å². The molecule has 114 valence electrons.